The van der Waals surface area contributed by atoms with Gasteiger partial charge >= 0.3 is 6.03 Å². The molecule has 0 aromatic heterocycles. The zero-order valence-corrected chi connectivity index (χ0v) is 15.0. The molecule has 138 valence electrons. The molecule has 5 nitrogen and oxygen atoms in total. The van der Waals surface area contributed by atoms with Crippen molar-refractivity contribution in [2.75, 3.05) is 24.5 Å². The molecule has 1 saturated carbocycles. The van der Waals surface area contributed by atoms with Crippen molar-refractivity contribution in [1.29, 1.82) is 0 Å². The van der Waals surface area contributed by atoms with Crippen LogP contribution < -0.4 is 15.5 Å². The van der Waals surface area contributed by atoms with Crippen LogP contribution in [0.2, 0.25) is 0 Å². The lowest BCUT2D eigenvalue weighted by Crippen LogP contribution is -2.39. The van der Waals surface area contributed by atoms with E-state index in [-0.39, 0.29) is 12.1 Å². The van der Waals surface area contributed by atoms with Crippen molar-refractivity contribution >= 4 is 11.7 Å². The predicted octanol–water partition coefficient (Wildman–Crippen LogP) is 3.03. The minimum atomic E-state index is -0.194. The minimum absolute atomic E-state index is 0.117. The highest BCUT2D eigenvalue weighted by Gasteiger charge is 2.20. The summed E-state index contributed by atoms with van der Waals surface area (Å²) in [5.41, 5.74) is 2.42. The van der Waals surface area contributed by atoms with E-state index < -0.39 is 0 Å². The van der Waals surface area contributed by atoms with Gasteiger partial charge in [0.25, 0.3) is 0 Å². The third-order valence-electron chi connectivity index (χ3n) is 5.43. The second-order valence-electron chi connectivity index (χ2n) is 7.43. The van der Waals surface area contributed by atoms with Gasteiger partial charge in [0.15, 0.2) is 0 Å². The Bertz CT molecular complexity index is 558. The van der Waals surface area contributed by atoms with Crippen LogP contribution in [0.5, 0.6) is 0 Å². The normalized spacial score (nSPS) is 24.0. The van der Waals surface area contributed by atoms with Crippen LogP contribution in [0, 0.1) is 5.92 Å². The van der Waals surface area contributed by atoms with E-state index >= 15 is 0 Å². The van der Waals surface area contributed by atoms with Crippen molar-refractivity contribution in [2.24, 2.45) is 5.92 Å². The van der Waals surface area contributed by atoms with E-state index in [9.17, 15) is 9.90 Å². The maximum absolute atomic E-state index is 12.1. The van der Waals surface area contributed by atoms with Gasteiger partial charge in [0.1, 0.15) is 0 Å². The number of nitrogens with one attached hydrogen (secondary N) is 2. The van der Waals surface area contributed by atoms with Crippen LogP contribution in [0.1, 0.15) is 50.5 Å². The average Bonchev–Trinajstić information content (AvgIpc) is 2.66. The fraction of sp³-hybridized carbons (Fsp3) is 0.650. The number of aliphatic hydroxyl groups excluding tert-OH is 1. The fourth-order valence-corrected chi connectivity index (χ4v) is 4.03. The summed E-state index contributed by atoms with van der Waals surface area (Å²) in [6.45, 7) is 3.41. The molecule has 0 unspecified atom stereocenters. The zero-order chi connectivity index (χ0) is 17.5. The largest absolute Gasteiger partial charge is 0.393 e. The molecule has 3 rings (SSSR count). The van der Waals surface area contributed by atoms with Crippen molar-refractivity contribution in [3.05, 3.63) is 29.8 Å². The Labute approximate surface area is 150 Å². The number of para-hydroxylation sites is 1. The second kappa shape index (κ2) is 9.09. The molecule has 1 aromatic rings. The van der Waals surface area contributed by atoms with E-state index in [1.807, 2.05) is 6.07 Å². The average molecular weight is 345 g/mol. The summed E-state index contributed by atoms with van der Waals surface area (Å²) in [6.07, 6.45) is 7.46. The van der Waals surface area contributed by atoms with Gasteiger partial charge in [-0.2, -0.15) is 0 Å². The van der Waals surface area contributed by atoms with Gasteiger partial charge in [0, 0.05) is 31.9 Å². The maximum atomic E-state index is 12.1. The highest BCUT2D eigenvalue weighted by molar-refractivity contribution is 5.74. The molecule has 2 amide bonds. The summed E-state index contributed by atoms with van der Waals surface area (Å²) >= 11 is 0. The monoisotopic (exact) mass is 345 g/mol. The molecular formula is C20H31N3O2. The molecule has 5 heteroatoms. The van der Waals surface area contributed by atoms with Crippen LogP contribution in [0.3, 0.4) is 0 Å². The fourth-order valence-electron chi connectivity index (χ4n) is 4.03. The van der Waals surface area contributed by atoms with Gasteiger partial charge in [-0.05, 0) is 56.1 Å². The Balaban J connectivity index is 1.47. The van der Waals surface area contributed by atoms with Gasteiger partial charge < -0.3 is 20.6 Å². The van der Waals surface area contributed by atoms with E-state index in [2.05, 4.69) is 33.7 Å². The highest BCUT2D eigenvalue weighted by atomic mass is 16.3. The molecule has 3 N–H and O–H groups in total. The van der Waals surface area contributed by atoms with Gasteiger partial charge in [0.05, 0.1) is 6.10 Å². The molecule has 2 atom stereocenters. The van der Waals surface area contributed by atoms with E-state index in [0.29, 0.717) is 19.0 Å². The van der Waals surface area contributed by atoms with E-state index in [0.717, 1.165) is 38.8 Å². The van der Waals surface area contributed by atoms with Crippen molar-refractivity contribution in [1.82, 2.24) is 10.6 Å². The molecule has 25 heavy (non-hydrogen) atoms. The van der Waals surface area contributed by atoms with Gasteiger partial charge in [-0.3, -0.25) is 0 Å². The lowest BCUT2D eigenvalue weighted by molar-refractivity contribution is 0.101. The van der Waals surface area contributed by atoms with Crippen molar-refractivity contribution in [2.45, 2.75) is 57.6 Å². The minimum Gasteiger partial charge on any atom is -0.393 e. The number of urea groups is 1. The molecule has 0 bridgehead atoms. The standard InChI is InChI=1S/C20H31N3O2/c24-18-9-6-7-16(13-18)14-21-20(25)22-15-17-8-2-3-10-19(17)23-11-4-1-5-12-23/h2-3,8,10,16,18,24H,1,4-7,9,11-15H2,(H2,21,22,25)/t16-,18-/m1/s1. The number of piperidine rings is 1. The predicted molar refractivity (Wildman–Crippen MR) is 101 cm³/mol. The summed E-state index contributed by atoms with van der Waals surface area (Å²) < 4.78 is 0. The number of aliphatic hydroxyl groups is 1. The Morgan fingerprint density at radius 3 is 2.68 bits per heavy atom. The van der Waals surface area contributed by atoms with Crippen LogP contribution in [0.15, 0.2) is 24.3 Å². The Kier molecular flexibility index (Phi) is 6.56. The molecule has 2 aliphatic rings. The summed E-state index contributed by atoms with van der Waals surface area (Å²) in [4.78, 5) is 14.6. The Hall–Kier alpha value is -1.75. The topological polar surface area (TPSA) is 64.6 Å². The SMILES string of the molecule is O=C(NCc1ccccc1N1CCCCC1)NC[C@@H]1CCC[C@@H](O)C1. The summed E-state index contributed by atoms with van der Waals surface area (Å²) in [5.74, 6) is 0.398. The first-order valence-corrected chi connectivity index (χ1v) is 9.75. The smallest absolute Gasteiger partial charge is 0.315 e. The maximum Gasteiger partial charge on any atom is 0.315 e. The summed E-state index contributed by atoms with van der Waals surface area (Å²) in [6, 6.07) is 8.24. The third-order valence-corrected chi connectivity index (χ3v) is 5.43. The molecule has 1 aliphatic carbocycles. The van der Waals surface area contributed by atoms with Crippen LogP contribution in [-0.4, -0.2) is 36.9 Å². The molecule has 1 aromatic carbocycles. The van der Waals surface area contributed by atoms with Gasteiger partial charge in [-0.15, -0.1) is 0 Å². The zero-order valence-electron chi connectivity index (χ0n) is 15.0. The van der Waals surface area contributed by atoms with E-state index in [1.165, 1.54) is 30.5 Å². The van der Waals surface area contributed by atoms with Crippen LogP contribution in [0.4, 0.5) is 10.5 Å². The molecule has 1 saturated heterocycles. The molecule has 0 radical (unpaired) electrons. The molecule has 1 aliphatic heterocycles. The van der Waals surface area contributed by atoms with Crippen molar-refractivity contribution in [3.63, 3.8) is 0 Å². The lowest BCUT2D eigenvalue weighted by Gasteiger charge is -2.30. The molecular weight excluding hydrogens is 314 g/mol. The van der Waals surface area contributed by atoms with Gasteiger partial charge in [-0.25, -0.2) is 4.79 Å². The van der Waals surface area contributed by atoms with Crippen LogP contribution in [-0.2, 0) is 6.54 Å². The first kappa shape index (κ1) is 18.1. The number of hydrogen-bond acceptors (Lipinski definition) is 3. The third kappa shape index (κ3) is 5.36. The first-order valence-electron chi connectivity index (χ1n) is 9.75. The van der Waals surface area contributed by atoms with Crippen molar-refractivity contribution in [3.8, 4) is 0 Å². The van der Waals surface area contributed by atoms with Crippen LogP contribution >= 0.6 is 0 Å². The first-order chi connectivity index (χ1) is 12.2. The Morgan fingerprint density at radius 1 is 1.08 bits per heavy atom. The number of anilines is 1. The number of carbonyl (C=O) groups is 1. The van der Waals surface area contributed by atoms with Crippen LogP contribution in [0.25, 0.3) is 0 Å². The molecule has 1 heterocycles. The number of rotatable bonds is 5. The Morgan fingerprint density at radius 2 is 1.88 bits per heavy atom. The summed E-state index contributed by atoms with van der Waals surface area (Å²) in [7, 11) is 0. The molecule has 2 fully saturated rings. The van der Waals surface area contributed by atoms with Crippen molar-refractivity contribution < 1.29 is 9.90 Å². The van der Waals surface area contributed by atoms with Gasteiger partial charge in [0.2, 0.25) is 0 Å². The lowest BCUT2D eigenvalue weighted by atomic mass is 9.87. The van der Waals surface area contributed by atoms with Gasteiger partial charge in [-0.1, -0.05) is 24.6 Å². The number of hydrogen-bond donors (Lipinski definition) is 3. The molecule has 0 spiro atoms. The number of carbonyl (C=O) groups excluding carboxylic acids is 1. The number of benzene rings is 1. The number of nitrogens with zero attached hydrogens (tertiary/aromatic N) is 1. The quantitative estimate of drug-likeness (QED) is 0.768. The van der Waals surface area contributed by atoms with E-state index in [1.54, 1.807) is 0 Å². The highest BCUT2D eigenvalue weighted by Crippen LogP contribution is 2.24. The second-order valence-corrected chi connectivity index (χ2v) is 7.43. The summed E-state index contributed by atoms with van der Waals surface area (Å²) in [5, 5.41) is 15.7. The van der Waals surface area contributed by atoms with E-state index in [4.69, 9.17) is 0 Å². The number of amides is 2.